The van der Waals surface area contributed by atoms with Crippen LogP contribution in [0.25, 0.3) is 0 Å². The van der Waals surface area contributed by atoms with E-state index >= 15 is 0 Å². The summed E-state index contributed by atoms with van der Waals surface area (Å²) in [6.07, 6.45) is 3.08. The molecule has 2 N–H and O–H groups in total. The van der Waals surface area contributed by atoms with Crippen molar-refractivity contribution in [2.75, 3.05) is 5.32 Å². The maximum atomic E-state index is 8.86. The number of aromatic nitrogens is 1. The highest BCUT2D eigenvalue weighted by Crippen LogP contribution is 2.10. The average Bonchev–Trinajstić information content (AvgIpc) is 2.80. The topological polar surface area (TPSA) is 58.3 Å². The highest BCUT2D eigenvalue weighted by molar-refractivity contribution is 5.44. The van der Waals surface area contributed by atoms with Gasteiger partial charge in [0.15, 0.2) is 6.39 Å². The summed E-state index contributed by atoms with van der Waals surface area (Å²) in [4.78, 5) is 3.82. The number of nitrogens with zero attached hydrogens (tertiary/aromatic N) is 1. The number of rotatable bonds is 4. The molecule has 4 nitrogen and oxygen atoms in total. The summed E-state index contributed by atoms with van der Waals surface area (Å²) in [5.41, 5.74) is 1.89. The SMILES string of the molecule is OCc1ccc(NCc2cnco2)cc1. The molecule has 0 bridgehead atoms. The van der Waals surface area contributed by atoms with Crippen molar-refractivity contribution in [3.05, 3.63) is 48.2 Å². The molecule has 0 amide bonds. The van der Waals surface area contributed by atoms with E-state index in [1.54, 1.807) is 6.20 Å². The standard InChI is InChI=1S/C11H12N2O2/c14-7-9-1-3-10(4-2-9)13-6-11-5-12-8-15-11/h1-5,8,13-14H,6-7H2. The van der Waals surface area contributed by atoms with Gasteiger partial charge in [-0.3, -0.25) is 0 Å². The number of anilines is 1. The van der Waals surface area contributed by atoms with E-state index in [-0.39, 0.29) is 6.61 Å². The van der Waals surface area contributed by atoms with Crippen LogP contribution in [-0.2, 0) is 13.2 Å². The average molecular weight is 204 g/mol. The van der Waals surface area contributed by atoms with E-state index in [9.17, 15) is 0 Å². The number of oxazole rings is 1. The van der Waals surface area contributed by atoms with E-state index in [2.05, 4.69) is 10.3 Å². The molecule has 0 atom stereocenters. The third kappa shape index (κ3) is 2.57. The normalized spacial score (nSPS) is 10.2. The Balaban J connectivity index is 1.93. The van der Waals surface area contributed by atoms with Gasteiger partial charge in [0.05, 0.1) is 19.3 Å². The van der Waals surface area contributed by atoms with Gasteiger partial charge in [-0.05, 0) is 17.7 Å². The fraction of sp³-hybridized carbons (Fsp3) is 0.182. The van der Waals surface area contributed by atoms with Gasteiger partial charge in [-0.2, -0.15) is 0 Å². The van der Waals surface area contributed by atoms with Gasteiger partial charge in [0.1, 0.15) is 5.76 Å². The Morgan fingerprint density at radius 2 is 2.07 bits per heavy atom. The second kappa shape index (κ2) is 4.61. The third-order valence-corrected chi connectivity index (χ3v) is 2.09. The van der Waals surface area contributed by atoms with Crippen LogP contribution in [0.5, 0.6) is 0 Å². The van der Waals surface area contributed by atoms with Crippen LogP contribution in [0.4, 0.5) is 5.69 Å². The number of nitrogens with one attached hydrogen (secondary N) is 1. The number of hydrogen-bond donors (Lipinski definition) is 2. The summed E-state index contributed by atoms with van der Waals surface area (Å²) >= 11 is 0. The molecule has 0 aliphatic rings. The predicted molar refractivity (Wildman–Crippen MR) is 56.2 cm³/mol. The summed E-state index contributed by atoms with van der Waals surface area (Å²) in [7, 11) is 0. The van der Waals surface area contributed by atoms with Crippen LogP contribution in [0.2, 0.25) is 0 Å². The lowest BCUT2D eigenvalue weighted by Crippen LogP contribution is -1.98. The zero-order valence-electron chi connectivity index (χ0n) is 8.18. The lowest BCUT2D eigenvalue weighted by Gasteiger charge is -2.04. The van der Waals surface area contributed by atoms with Gasteiger partial charge in [-0.15, -0.1) is 0 Å². The van der Waals surface area contributed by atoms with Crippen LogP contribution >= 0.6 is 0 Å². The number of hydrogen-bond acceptors (Lipinski definition) is 4. The molecule has 0 radical (unpaired) electrons. The van der Waals surface area contributed by atoms with Crippen LogP contribution in [0.1, 0.15) is 11.3 Å². The Labute approximate surface area is 87.6 Å². The Morgan fingerprint density at radius 3 is 2.67 bits per heavy atom. The molecule has 0 saturated carbocycles. The molecular formula is C11H12N2O2. The first kappa shape index (κ1) is 9.73. The highest BCUT2D eigenvalue weighted by Gasteiger charge is 1.96. The van der Waals surface area contributed by atoms with Crippen LogP contribution in [-0.4, -0.2) is 10.1 Å². The van der Waals surface area contributed by atoms with E-state index < -0.39 is 0 Å². The maximum absolute atomic E-state index is 8.86. The van der Waals surface area contributed by atoms with E-state index in [1.807, 2.05) is 24.3 Å². The van der Waals surface area contributed by atoms with Crippen molar-refractivity contribution in [3.8, 4) is 0 Å². The van der Waals surface area contributed by atoms with Crippen molar-refractivity contribution in [3.63, 3.8) is 0 Å². The van der Waals surface area contributed by atoms with Crippen molar-refractivity contribution in [2.24, 2.45) is 0 Å². The third-order valence-electron chi connectivity index (χ3n) is 2.09. The Bertz CT molecular complexity index is 395. The van der Waals surface area contributed by atoms with E-state index in [4.69, 9.17) is 9.52 Å². The molecule has 15 heavy (non-hydrogen) atoms. The zero-order chi connectivity index (χ0) is 10.5. The molecule has 1 aromatic carbocycles. The molecule has 4 heteroatoms. The van der Waals surface area contributed by atoms with Crippen LogP contribution in [0, 0.1) is 0 Å². The Morgan fingerprint density at radius 1 is 1.27 bits per heavy atom. The minimum atomic E-state index is 0.0718. The van der Waals surface area contributed by atoms with Gasteiger partial charge in [0, 0.05) is 5.69 Å². The summed E-state index contributed by atoms with van der Waals surface area (Å²) < 4.78 is 5.09. The smallest absolute Gasteiger partial charge is 0.180 e. The molecule has 0 fully saturated rings. The van der Waals surface area contributed by atoms with Crippen molar-refractivity contribution in [2.45, 2.75) is 13.2 Å². The fourth-order valence-electron chi connectivity index (χ4n) is 1.25. The lowest BCUT2D eigenvalue weighted by atomic mass is 10.2. The lowest BCUT2D eigenvalue weighted by molar-refractivity contribution is 0.282. The van der Waals surface area contributed by atoms with Gasteiger partial charge in [0.2, 0.25) is 0 Å². The first-order chi connectivity index (χ1) is 7.38. The first-order valence-corrected chi connectivity index (χ1v) is 4.69. The van der Waals surface area contributed by atoms with Crippen molar-refractivity contribution in [1.29, 1.82) is 0 Å². The van der Waals surface area contributed by atoms with Gasteiger partial charge in [-0.25, -0.2) is 4.98 Å². The first-order valence-electron chi connectivity index (χ1n) is 4.69. The molecule has 0 unspecified atom stereocenters. The summed E-state index contributed by atoms with van der Waals surface area (Å²) in [5, 5.41) is 12.0. The fourth-order valence-corrected chi connectivity index (χ4v) is 1.25. The molecule has 2 rings (SSSR count). The van der Waals surface area contributed by atoms with E-state index in [0.717, 1.165) is 17.0 Å². The van der Waals surface area contributed by atoms with Crippen molar-refractivity contribution in [1.82, 2.24) is 4.98 Å². The Hall–Kier alpha value is -1.81. The maximum Gasteiger partial charge on any atom is 0.180 e. The Kier molecular flexibility index (Phi) is 2.99. The molecule has 1 aromatic heterocycles. The van der Waals surface area contributed by atoms with E-state index in [1.165, 1.54) is 6.39 Å². The van der Waals surface area contributed by atoms with Crippen molar-refractivity contribution < 1.29 is 9.52 Å². The molecule has 0 spiro atoms. The second-order valence-electron chi connectivity index (χ2n) is 3.18. The molecular weight excluding hydrogens is 192 g/mol. The summed E-state index contributed by atoms with van der Waals surface area (Å²) in [5.74, 6) is 0.793. The second-order valence-corrected chi connectivity index (χ2v) is 3.18. The quantitative estimate of drug-likeness (QED) is 0.797. The largest absolute Gasteiger partial charge is 0.447 e. The summed E-state index contributed by atoms with van der Waals surface area (Å²) in [6.45, 7) is 0.681. The predicted octanol–water partition coefficient (Wildman–Crippen LogP) is 1.78. The van der Waals surface area contributed by atoms with Crippen LogP contribution in [0.3, 0.4) is 0 Å². The minimum absolute atomic E-state index is 0.0718. The van der Waals surface area contributed by atoms with Crippen LogP contribution in [0.15, 0.2) is 41.3 Å². The number of aliphatic hydroxyl groups excluding tert-OH is 1. The van der Waals surface area contributed by atoms with Crippen molar-refractivity contribution >= 4 is 5.69 Å². The van der Waals surface area contributed by atoms with Crippen LogP contribution < -0.4 is 5.32 Å². The monoisotopic (exact) mass is 204 g/mol. The minimum Gasteiger partial charge on any atom is -0.447 e. The van der Waals surface area contributed by atoms with Gasteiger partial charge in [0.25, 0.3) is 0 Å². The molecule has 78 valence electrons. The van der Waals surface area contributed by atoms with Gasteiger partial charge < -0.3 is 14.8 Å². The zero-order valence-corrected chi connectivity index (χ0v) is 8.18. The molecule has 0 saturated heterocycles. The molecule has 0 aliphatic carbocycles. The summed E-state index contributed by atoms with van der Waals surface area (Å²) in [6, 6.07) is 7.59. The number of aliphatic hydroxyl groups is 1. The number of benzene rings is 1. The highest BCUT2D eigenvalue weighted by atomic mass is 16.3. The van der Waals surface area contributed by atoms with E-state index in [0.29, 0.717) is 6.54 Å². The van der Waals surface area contributed by atoms with Gasteiger partial charge >= 0.3 is 0 Å². The molecule has 1 heterocycles. The molecule has 2 aromatic rings. The molecule has 0 aliphatic heterocycles. The van der Waals surface area contributed by atoms with Gasteiger partial charge in [-0.1, -0.05) is 12.1 Å².